The van der Waals surface area contributed by atoms with Crippen molar-refractivity contribution in [2.24, 2.45) is 0 Å². The summed E-state index contributed by atoms with van der Waals surface area (Å²) in [7, 11) is 0. The van der Waals surface area contributed by atoms with Crippen LogP contribution in [0.25, 0.3) is 0 Å². The number of hydrogen-bond acceptors (Lipinski definition) is 3. The van der Waals surface area contributed by atoms with Crippen molar-refractivity contribution in [1.29, 1.82) is 0 Å². The van der Waals surface area contributed by atoms with Gasteiger partial charge >= 0.3 is 0 Å². The third-order valence-electron chi connectivity index (χ3n) is 5.61. The van der Waals surface area contributed by atoms with Crippen molar-refractivity contribution in [3.8, 4) is 0 Å². The molecule has 0 spiro atoms. The fourth-order valence-electron chi connectivity index (χ4n) is 4.12. The van der Waals surface area contributed by atoms with Crippen LogP contribution in [0.5, 0.6) is 0 Å². The van der Waals surface area contributed by atoms with E-state index in [1.807, 2.05) is 35.3 Å². The molecule has 0 radical (unpaired) electrons. The summed E-state index contributed by atoms with van der Waals surface area (Å²) in [4.78, 5) is 8.44. The summed E-state index contributed by atoms with van der Waals surface area (Å²) in [6.07, 6.45) is 8.71. The second-order valence-corrected chi connectivity index (χ2v) is 7.97. The SMILES string of the molecule is Fc1cccc(CN(CCCn2ccnc2)Cc2ccc(N3CCCC3)c(F)c2)c1. The normalized spacial score (nSPS) is 14.0. The van der Waals surface area contributed by atoms with Crippen LogP contribution in [0, 0.1) is 11.6 Å². The zero-order valence-corrected chi connectivity index (χ0v) is 17.2. The Morgan fingerprint density at radius 1 is 0.967 bits per heavy atom. The molecule has 0 bridgehead atoms. The van der Waals surface area contributed by atoms with Crippen LogP contribution in [0.1, 0.15) is 30.4 Å². The summed E-state index contributed by atoms with van der Waals surface area (Å²) >= 11 is 0. The second kappa shape index (κ2) is 9.85. The van der Waals surface area contributed by atoms with E-state index in [0.29, 0.717) is 18.8 Å². The molecule has 4 rings (SSSR count). The minimum atomic E-state index is -0.230. The number of nitrogens with zero attached hydrogens (tertiary/aromatic N) is 4. The third kappa shape index (κ3) is 5.45. The lowest BCUT2D eigenvalue weighted by Crippen LogP contribution is -2.25. The zero-order valence-electron chi connectivity index (χ0n) is 17.2. The largest absolute Gasteiger partial charge is 0.369 e. The Balaban J connectivity index is 1.44. The molecule has 0 atom stereocenters. The fourth-order valence-corrected chi connectivity index (χ4v) is 4.12. The molecule has 3 aromatic rings. The molecule has 0 saturated carbocycles. The first-order chi connectivity index (χ1) is 14.7. The van der Waals surface area contributed by atoms with E-state index in [1.165, 1.54) is 6.07 Å². The minimum absolute atomic E-state index is 0.154. The lowest BCUT2D eigenvalue weighted by molar-refractivity contribution is 0.248. The number of imidazole rings is 1. The molecule has 158 valence electrons. The van der Waals surface area contributed by atoms with Crippen molar-refractivity contribution in [2.45, 2.75) is 38.9 Å². The highest BCUT2D eigenvalue weighted by molar-refractivity contribution is 5.49. The van der Waals surface area contributed by atoms with Gasteiger partial charge in [0.2, 0.25) is 0 Å². The number of aromatic nitrogens is 2. The van der Waals surface area contributed by atoms with Gasteiger partial charge < -0.3 is 9.47 Å². The molecule has 30 heavy (non-hydrogen) atoms. The number of benzene rings is 2. The Bertz CT molecular complexity index is 936. The lowest BCUT2D eigenvalue weighted by Gasteiger charge is -2.24. The molecule has 6 heteroatoms. The average Bonchev–Trinajstić information content (AvgIpc) is 3.42. The average molecular weight is 411 g/mol. The Morgan fingerprint density at radius 2 is 1.77 bits per heavy atom. The Morgan fingerprint density at radius 3 is 2.47 bits per heavy atom. The molecule has 1 aliphatic rings. The summed E-state index contributed by atoms with van der Waals surface area (Å²) in [5.41, 5.74) is 2.56. The standard InChI is InChI=1S/C24H28F2N4/c25-22-6-3-5-20(15-22)17-29(11-4-10-28-14-9-27-19-28)18-21-7-8-24(23(26)16-21)30-12-1-2-13-30/h3,5-9,14-16,19H,1-2,4,10-13,17-18H2. The predicted octanol–water partition coefficient (Wildman–Crippen LogP) is 4.85. The number of anilines is 1. The van der Waals surface area contributed by atoms with Crippen molar-refractivity contribution < 1.29 is 8.78 Å². The van der Waals surface area contributed by atoms with Gasteiger partial charge in [-0.05, 0) is 54.7 Å². The molecule has 1 aromatic heterocycles. The van der Waals surface area contributed by atoms with E-state index in [1.54, 1.807) is 24.4 Å². The summed E-state index contributed by atoms with van der Waals surface area (Å²) in [6, 6.07) is 12.3. The third-order valence-corrected chi connectivity index (χ3v) is 5.61. The number of hydrogen-bond donors (Lipinski definition) is 0. The molecule has 1 saturated heterocycles. The van der Waals surface area contributed by atoms with Crippen LogP contribution in [-0.4, -0.2) is 34.1 Å². The number of rotatable bonds is 9. The van der Waals surface area contributed by atoms with E-state index in [0.717, 1.165) is 56.6 Å². The minimum Gasteiger partial charge on any atom is -0.369 e. The molecular formula is C24H28F2N4. The van der Waals surface area contributed by atoms with Gasteiger partial charge in [0.1, 0.15) is 11.6 Å². The fraction of sp³-hybridized carbons (Fsp3) is 0.375. The van der Waals surface area contributed by atoms with Gasteiger partial charge in [0.25, 0.3) is 0 Å². The monoisotopic (exact) mass is 410 g/mol. The topological polar surface area (TPSA) is 24.3 Å². The molecule has 1 fully saturated rings. The van der Waals surface area contributed by atoms with Gasteiger partial charge in [-0.1, -0.05) is 18.2 Å². The van der Waals surface area contributed by atoms with Crippen LogP contribution in [0.15, 0.2) is 61.2 Å². The molecule has 0 aliphatic carbocycles. The van der Waals surface area contributed by atoms with Gasteiger partial charge in [0.15, 0.2) is 0 Å². The predicted molar refractivity (Wildman–Crippen MR) is 115 cm³/mol. The zero-order chi connectivity index (χ0) is 20.8. The van der Waals surface area contributed by atoms with E-state index in [4.69, 9.17) is 0 Å². The smallest absolute Gasteiger partial charge is 0.146 e. The Labute approximate surface area is 176 Å². The van der Waals surface area contributed by atoms with Gasteiger partial charge in [-0.15, -0.1) is 0 Å². The van der Waals surface area contributed by atoms with Gasteiger partial charge in [-0.25, -0.2) is 13.8 Å². The lowest BCUT2D eigenvalue weighted by atomic mass is 10.1. The summed E-state index contributed by atoms with van der Waals surface area (Å²) < 4.78 is 30.4. The molecule has 2 heterocycles. The number of halogens is 2. The quantitative estimate of drug-likeness (QED) is 0.504. The van der Waals surface area contributed by atoms with Crippen LogP contribution in [0.2, 0.25) is 0 Å². The van der Waals surface area contributed by atoms with Crippen LogP contribution in [0.4, 0.5) is 14.5 Å². The van der Waals surface area contributed by atoms with Crippen LogP contribution >= 0.6 is 0 Å². The van der Waals surface area contributed by atoms with Crippen LogP contribution in [-0.2, 0) is 19.6 Å². The van der Waals surface area contributed by atoms with Crippen LogP contribution < -0.4 is 4.90 Å². The molecule has 4 nitrogen and oxygen atoms in total. The van der Waals surface area contributed by atoms with E-state index >= 15 is 0 Å². The Hall–Kier alpha value is -2.73. The van der Waals surface area contributed by atoms with Gasteiger partial charge in [0.05, 0.1) is 12.0 Å². The van der Waals surface area contributed by atoms with E-state index in [9.17, 15) is 8.78 Å². The summed E-state index contributed by atoms with van der Waals surface area (Å²) in [5.74, 6) is -0.384. The highest BCUT2D eigenvalue weighted by Crippen LogP contribution is 2.25. The first kappa shape index (κ1) is 20.5. The van der Waals surface area contributed by atoms with E-state index < -0.39 is 0 Å². The first-order valence-electron chi connectivity index (χ1n) is 10.6. The van der Waals surface area contributed by atoms with Crippen molar-refractivity contribution >= 4 is 5.69 Å². The van der Waals surface area contributed by atoms with Crippen molar-refractivity contribution in [3.05, 3.63) is 83.9 Å². The van der Waals surface area contributed by atoms with Crippen molar-refractivity contribution in [1.82, 2.24) is 14.5 Å². The molecule has 1 aliphatic heterocycles. The second-order valence-electron chi connectivity index (χ2n) is 7.97. The first-order valence-corrected chi connectivity index (χ1v) is 10.6. The van der Waals surface area contributed by atoms with Crippen molar-refractivity contribution in [2.75, 3.05) is 24.5 Å². The molecule has 0 N–H and O–H groups in total. The molecule has 0 amide bonds. The van der Waals surface area contributed by atoms with Crippen molar-refractivity contribution in [3.63, 3.8) is 0 Å². The highest BCUT2D eigenvalue weighted by atomic mass is 19.1. The highest BCUT2D eigenvalue weighted by Gasteiger charge is 2.17. The van der Waals surface area contributed by atoms with Gasteiger partial charge in [0, 0.05) is 51.7 Å². The maximum atomic E-state index is 14.8. The molecule has 2 aromatic carbocycles. The maximum absolute atomic E-state index is 14.8. The van der Waals surface area contributed by atoms with Gasteiger partial charge in [-0.2, -0.15) is 0 Å². The van der Waals surface area contributed by atoms with Gasteiger partial charge in [-0.3, -0.25) is 4.90 Å². The summed E-state index contributed by atoms with van der Waals surface area (Å²) in [5, 5.41) is 0. The van der Waals surface area contributed by atoms with E-state index in [-0.39, 0.29) is 11.6 Å². The van der Waals surface area contributed by atoms with E-state index in [2.05, 4.69) is 14.8 Å². The maximum Gasteiger partial charge on any atom is 0.146 e. The molecule has 0 unspecified atom stereocenters. The molecular weight excluding hydrogens is 382 g/mol. The summed E-state index contributed by atoms with van der Waals surface area (Å²) in [6.45, 7) is 4.79. The van der Waals surface area contributed by atoms with Crippen LogP contribution in [0.3, 0.4) is 0 Å². The Kier molecular flexibility index (Phi) is 6.74. The number of aryl methyl sites for hydroxylation is 1.